The Balaban J connectivity index is 2.55. The van der Waals surface area contributed by atoms with Crippen LogP contribution in [0.1, 0.15) is 24.0 Å². The fourth-order valence-corrected chi connectivity index (χ4v) is 1.79. The third kappa shape index (κ3) is 4.66. The molecule has 0 fully saturated rings. The number of nitrogens with zero attached hydrogens (tertiary/aromatic N) is 1. The number of benzene rings is 1. The van der Waals surface area contributed by atoms with Crippen LogP contribution in [0.4, 0.5) is 5.69 Å². The van der Waals surface area contributed by atoms with E-state index in [0.717, 1.165) is 16.8 Å². The minimum absolute atomic E-state index is 0.0340. The topological polar surface area (TPSA) is 69.6 Å². The first-order valence-electron chi connectivity index (χ1n) is 6.66. The summed E-state index contributed by atoms with van der Waals surface area (Å²) in [6, 6.07) is 5.66. The van der Waals surface area contributed by atoms with Crippen molar-refractivity contribution >= 4 is 17.5 Å². The maximum Gasteiger partial charge on any atom is 0.233 e. The van der Waals surface area contributed by atoms with E-state index in [1.54, 1.807) is 7.05 Å². The van der Waals surface area contributed by atoms with Gasteiger partial charge in [0.15, 0.2) is 0 Å². The Hall–Kier alpha value is -1.88. The van der Waals surface area contributed by atoms with Crippen molar-refractivity contribution in [3.8, 4) is 0 Å². The summed E-state index contributed by atoms with van der Waals surface area (Å²) in [5.74, 6) is -0.569. The second-order valence-corrected chi connectivity index (χ2v) is 4.86. The molecule has 110 valence electrons. The van der Waals surface area contributed by atoms with Gasteiger partial charge < -0.3 is 15.3 Å². The average molecular weight is 278 g/mol. The molecule has 0 spiro atoms. The molecule has 0 saturated carbocycles. The Bertz CT molecular complexity index is 486. The smallest absolute Gasteiger partial charge is 0.233 e. The first kappa shape index (κ1) is 16.2. The molecule has 0 aliphatic carbocycles. The molecule has 5 heteroatoms. The van der Waals surface area contributed by atoms with Crippen molar-refractivity contribution in [2.45, 2.75) is 26.7 Å². The van der Waals surface area contributed by atoms with E-state index in [4.69, 9.17) is 5.11 Å². The molecule has 1 aromatic rings. The van der Waals surface area contributed by atoms with E-state index in [-0.39, 0.29) is 24.8 Å². The van der Waals surface area contributed by atoms with Crippen LogP contribution in [0.15, 0.2) is 18.2 Å². The monoisotopic (exact) mass is 278 g/mol. The molecule has 0 aliphatic heterocycles. The standard InChI is InChI=1S/C15H22N2O3/c1-11-6-4-7-13(12(11)2)16-14(19)10-15(20)17(3)8-5-9-18/h4,6-7,18H,5,8-10H2,1-3H3,(H,16,19). The maximum absolute atomic E-state index is 11.9. The second kappa shape index (κ2) is 7.65. The highest BCUT2D eigenvalue weighted by molar-refractivity contribution is 6.03. The number of hydrogen-bond donors (Lipinski definition) is 2. The predicted octanol–water partition coefficient (Wildman–Crippen LogP) is 1.47. The highest BCUT2D eigenvalue weighted by atomic mass is 16.3. The summed E-state index contributed by atoms with van der Waals surface area (Å²) in [5, 5.41) is 11.5. The van der Waals surface area contributed by atoms with Crippen LogP contribution >= 0.6 is 0 Å². The van der Waals surface area contributed by atoms with Crippen molar-refractivity contribution in [2.75, 3.05) is 25.5 Å². The van der Waals surface area contributed by atoms with Crippen LogP contribution in [-0.4, -0.2) is 42.0 Å². The highest BCUT2D eigenvalue weighted by Gasteiger charge is 2.14. The summed E-state index contributed by atoms with van der Waals surface area (Å²) >= 11 is 0. The van der Waals surface area contributed by atoms with Gasteiger partial charge in [0.2, 0.25) is 11.8 Å². The zero-order chi connectivity index (χ0) is 15.1. The lowest BCUT2D eigenvalue weighted by Gasteiger charge is -2.16. The van der Waals surface area contributed by atoms with Gasteiger partial charge >= 0.3 is 0 Å². The molecule has 0 atom stereocenters. The van der Waals surface area contributed by atoms with Gasteiger partial charge in [0.05, 0.1) is 0 Å². The van der Waals surface area contributed by atoms with E-state index < -0.39 is 0 Å². The SMILES string of the molecule is Cc1cccc(NC(=O)CC(=O)N(C)CCCO)c1C. The molecular weight excluding hydrogens is 256 g/mol. The van der Waals surface area contributed by atoms with Gasteiger partial charge in [-0.3, -0.25) is 9.59 Å². The van der Waals surface area contributed by atoms with Crippen molar-refractivity contribution in [3.63, 3.8) is 0 Å². The number of nitrogens with one attached hydrogen (secondary N) is 1. The first-order chi connectivity index (χ1) is 9.45. The molecule has 0 bridgehead atoms. The number of aliphatic hydroxyl groups is 1. The summed E-state index contributed by atoms with van der Waals surface area (Å²) in [7, 11) is 1.63. The Labute approximate surface area is 119 Å². The molecule has 0 radical (unpaired) electrons. The van der Waals surface area contributed by atoms with Crippen molar-refractivity contribution in [3.05, 3.63) is 29.3 Å². The van der Waals surface area contributed by atoms with E-state index in [9.17, 15) is 9.59 Å². The van der Waals surface area contributed by atoms with Crippen molar-refractivity contribution in [1.82, 2.24) is 4.90 Å². The Morgan fingerprint density at radius 2 is 2.00 bits per heavy atom. The summed E-state index contributed by atoms with van der Waals surface area (Å²) in [4.78, 5) is 25.1. The van der Waals surface area contributed by atoms with E-state index in [0.29, 0.717) is 13.0 Å². The molecule has 0 unspecified atom stereocenters. The number of anilines is 1. The Kier molecular flexibility index (Phi) is 6.18. The maximum atomic E-state index is 11.9. The van der Waals surface area contributed by atoms with Crippen molar-refractivity contribution in [1.29, 1.82) is 0 Å². The molecule has 20 heavy (non-hydrogen) atoms. The predicted molar refractivity (Wildman–Crippen MR) is 78.5 cm³/mol. The van der Waals surface area contributed by atoms with Gasteiger partial charge in [0.25, 0.3) is 0 Å². The molecule has 5 nitrogen and oxygen atoms in total. The van der Waals surface area contributed by atoms with Crippen LogP contribution in [0.3, 0.4) is 0 Å². The number of rotatable bonds is 6. The zero-order valence-electron chi connectivity index (χ0n) is 12.3. The molecule has 0 aromatic heterocycles. The lowest BCUT2D eigenvalue weighted by atomic mass is 10.1. The minimum Gasteiger partial charge on any atom is -0.396 e. The molecule has 1 aromatic carbocycles. The highest BCUT2D eigenvalue weighted by Crippen LogP contribution is 2.18. The fourth-order valence-electron chi connectivity index (χ4n) is 1.79. The minimum atomic E-state index is -0.320. The molecular formula is C15H22N2O3. The largest absolute Gasteiger partial charge is 0.396 e. The zero-order valence-corrected chi connectivity index (χ0v) is 12.3. The van der Waals surface area contributed by atoms with E-state index >= 15 is 0 Å². The summed E-state index contributed by atoms with van der Waals surface area (Å²) in [6.45, 7) is 4.39. The van der Waals surface area contributed by atoms with Crippen LogP contribution in [0.25, 0.3) is 0 Å². The van der Waals surface area contributed by atoms with Gasteiger partial charge in [0.1, 0.15) is 6.42 Å². The van der Waals surface area contributed by atoms with Crippen LogP contribution in [0, 0.1) is 13.8 Å². The lowest BCUT2D eigenvalue weighted by Crippen LogP contribution is -2.31. The van der Waals surface area contributed by atoms with Crippen LogP contribution in [-0.2, 0) is 9.59 Å². The van der Waals surface area contributed by atoms with Crippen molar-refractivity contribution in [2.24, 2.45) is 0 Å². The fraction of sp³-hybridized carbons (Fsp3) is 0.467. The van der Waals surface area contributed by atoms with Crippen molar-refractivity contribution < 1.29 is 14.7 Å². The van der Waals surface area contributed by atoms with Gasteiger partial charge in [0, 0.05) is 25.9 Å². The molecule has 0 heterocycles. The number of carbonyl (C=O) groups is 2. The summed E-state index contributed by atoms with van der Waals surface area (Å²) in [5.41, 5.74) is 2.83. The quantitative estimate of drug-likeness (QED) is 0.774. The van der Waals surface area contributed by atoms with Gasteiger partial charge in [-0.15, -0.1) is 0 Å². The van der Waals surface area contributed by atoms with Gasteiger partial charge in [-0.2, -0.15) is 0 Å². The van der Waals surface area contributed by atoms with E-state index in [1.165, 1.54) is 4.90 Å². The summed E-state index contributed by atoms with van der Waals surface area (Å²) < 4.78 is 0. The van der Waals surface area contributed by atoms with E-state index in [1.807, 2.05) is 32.0 Å². The number of hydrogen-bond acceptors (Lipinski definition) is 3. The molecule has 2 amide bonds. The number of amides is 2. The average Bonchev–Trinajstić information content (AvgIpc) is 2.41. The normalized spacial score (nSPS) is 10.2. The van der Waals surface area contributed by atoms with Crippen LogP contribution in [0.5, 0.6) is 0 Å². The third-order valence-electron chi connectivity index (χ3n) is 3.27. The van der Waals surface area contributed by atoms with Crippen LogP contribution in [0.2, 0.25) is 0 Å². The molecule has 0 aliphatic rings. The Morgan fingerprint density at radius 3 is 2.65 bits per heavy atom. The number of aryl methyl sites for hydroxylation is 1. The Morgan fingerprint density at radius 1 is 1.30 bits per heavy atom. The molecule has 2 N–H and O–H groups in total. The van der Waals surface area contributed by atoms with Gasteiger partial charge in [-0.1, -0.05) is 12.1 Å². The first-order valence-corrected chi connectivity index (χ1v) is 6.66. The van der Waals surface area contributed by atoms with Crippen LogP contribution < -0.4 is 5.32 Å². The lowest BCUT2D eigenvalue weighted by molar-refractivity contribution is -0.133. The second-order valence-electron chi connectivity index (χ2n) is 4.86. The third-order valence-corrected chi connectivity index (χ3v) is 3.27. The summed E-state index contributed by atoms with van der Waals surface area (Å²) in [6.07, 6.45) is 0.330. The molecule has 1 rings (SSSR count). The van der Waals surface area contributed by atoms with Gasteiger partial charge in [-0.25, -0.2) is 0 Å². The van der Waals surface area contributed by atoms with Gasteiger partial charge in [-0.05, 0) is 37.5 Å². The van der Waals surface area contributed by atoms with E-state index in [2.05, 4.69) is 5.32 Å². The number of aliphatic hydroxyl groups excluding tert-OH is 1. The number of carbonyl (C=O) groups excluding carboxylic acids is 2. The molecule has 0 saturated heterocycles.